The maximum Gasteiger partial charge on any atom is 0.378 e. The van der Waals surface area contributed by atoms with E-state index in [1.165, 1.54) is 10.8 Å². The average Bonchev–Trinajstić information content (AvgIpc) is 3.28. The van der Waals surface area contributed by atoms with Gasteiger partial charge in [0, 0.05) is 5.02 Å². The van der Waals surface area contributed by atoms with Gasteiger partial charge in [-0.15, -0.1) is 5.10 Å². The van der Waals surface area contributed by atoms with Gasteiger partial charge in [-0.3, -0.25) is 0 Å². The Labute approximate surface area is 196 Å². The van der Waals surface area contributed by atoms with Gasteiger partial charge in [0.15, 0.2) is 11.4 Å². The van der Waals surface area contributed by atoms with Crippen LogP contribution >= 0.6 is 11.6 Å². The van der Waals surface area contributed by atoms with Gasteiger partial charge < -0.3 is 13.9 Å². The van der Waals surface area contributed by atoms with Crippen molar-refractivity contribution in [3.8, 4) is 11.6 Å². The van der Waals surface area contributed by atoms with Gasteiger partial charge in [0.05, 0.1) is 29.0 Å². The summed E-state index contributed by atoms with van der Waals surface area (Å²) in [4.78, 5) is 34.4. The second-order valence-electron chi connectivity index (χ2n) is 7.60. The summed E-state index contributed by atoms with van der Waals surface area (Å²) in [6, 6.07) is 14.2. The summed E-state index contributed by atoms with van der Waals surface area (Å²) in [5.41, 5.74) is 1.68. The van der Waals surface area contributed by atoms with E-state index >= 15 is 0 Å². The standard InChI is InChI=1S/C24H15ClN4O5/c1-2-32-24(31)20-27-21-18-16(12-7-9-13(25)10-8-12)17-19(34-22(18)26-11-29(21)28-20)14-5-3-4-6-15(14)33-23(17)30/h3-11,16H,2H2,1H3. The van der Waals surface area contributed by atoms with Gasteiger partial charge >= 0.3 is 11.6 Å². The Bertz CT molecular complexity index is 1660. The number of para-hydroxylation sites is 1. The van der Waals surface area contributed by atoms with Crippen molar-refractivity contribution < 1.29 is 18.7 Å². The largest absolute Gasteiger partial charge is 0.460 e. The zero-order chi connectivity index (χ0) is 23.4. The summed E-state index contributed by atoms with van der Waals surface area (Å²) in [6.07, 6.45) is 1.40. The first-order chi connectivity index (χ1) is 16.5. The van der Waals surface area contributed by atoms with E-state index < -0.39 is 17.5 Å². The van der Waals surface area contributed by atoms with Crippen LogP contribution in [0.15, 0.2) is 64.1 Å². The molecule has 0 bridgehead atoms. The summed E-state index contributed by atoms with van der Waals surface area (Å²) in [5.74, 6) is -0.832. The number of aromatic nitrogens is 4. The summed E-state index contributed by atoms with van der Waals surface area (Å²) < 4.78 is 18.2. The number of carbonyl (C=O) groups is 1. The Morgan fingerprint density at radius 1 is 1.15 bits per heavy atom. The molecule has 2 aromatic carbocycles. The number of rotatable bonds is 3. The molecule has 0 N–H and O–H groups in total. The molecule has 1 unspecified atom stereocenters. The summed E-state index contributed by atoms with van der Waals surface area (Å²) in [7, 11) is 0. The molecule has 168 valence electrons. The van der Waals surface area contributed by atoms with Gasteiger partial charge in [-0.1, -0.05) is 35.9 Å². The number of hydrogen-bond donors (Lipinski definition) is 0. The molecule has 0 aliphatic carbocycles. The molecule has 1 aliphatic rings. The molecule has 1 atom stereocenters. The van der Waals surface area contributed by atoms with E-state index in [2.05, 4.69) is 15.1 Å². The first-order valence-electron chi connectivity index (χ1n) is 10.5. The normalized spacial score (nSPS) is 14.5. The van der Waals surface area contributed by atoms with Gasteiger partial charge in [0.25, 0.3) is 5.82 Å². The van der Waals surface area contributed by atoms with Crippen molar-refractivity contribution in [2.24, 2.45) is 0 Å². The quantitative estimate of drug-likeness (QED) is 0.275. The monoisotopic (exact) mass is 474 g/mol. The van der Waals surface area contributed by atoms with Crippen molar-refractivity contribution in [1.29, 1.82) is 0 Å². The lowest BCUT2D eigenvalue weighted by Gasteiger charge is -2.27. The van der Waals surface area contributed by atoms with E-state index in [9.17, 15) is 9.59 Å². The van der Waals surface area contributed by atoms with Crippen LogP contribution in [0.5, 0.6) is 11.6 Å². The fraction of sp³-hybridized carbons (Fsp3) is 0.125. The topological polar surface area (TPSA) is 109 Å². The van der Waals surface area contributed by atoms with E-state index in [0.717, 1.165) is 5.56 Å². The number of halogens is 1. The van der Waals surface area contributed by atoms with E-state index in [1.807, 2.05) is 24.3 Å². The van der Waals surface area contributed by atoms with Crippen molar-refractivity contribution in [2.45, 2.75) is 12.8 Å². The van der Waals surface area contributed by atoms with Crippen LogP contribution in [0.1, 0.15) is 40.2 Å². The second kappa shape index (κ2) is 7.67. The van der Waals surface area contributed by atoms with Crippen LogP contribution in [0.3, 0.4) is 0 Å². The molecule has 9 nitrogen and oxygen atoms in total. The van der Waals surface area contributed by atoms with Crippen molar-refractivity contribution in [3.63, 3.8) is 0 Å². The van der Waals surface area contributed by atoms with Crippen molar-refractivity contribution in [1.82, 2.24) is 19.6 Å². The first kappa shape index (κ1) is 20.4. The minimum atomic E-state index is -0.661. The zero-order valence-electron chi connectivity index (χ0n) is 17.7. The second-order valence-corrected chi connectivity index (χ2v) is 8.04. The number of hydrogen-bond acceptors (Lipinski definition) is 8. The van der Waals surface area contributed by atoms with Gasteiger partial charge in [0.2, 0.25) is 5.88 Å². The van der Waals surface area contributed by atoms with Crippen LogP contribution in [0.2, 0.25) is 5.02 Å². The Morgan fingerprint density at radius 2 is 1.94 bits per heavy atom. The van der Waals surface area contributed by atoms with E-state index in [0.29, 0.717) is 38.5 Å². The Balaban J connectivity index is 1.68. The molecule has 3 aromatic heterocycles. The summed E-state index contributed by atoms with van der Waals surface area (Å²) in [5, 5.41) is 5.38. The molecule has 0 saturated carbocycles. The molecule has 34 heavy (non-hydrogen) atoms. The third-order valence-electron chi connectivity index (χ3n) is 5.62. The molecular weight excluding hydrogens is 460 g/mol. The number of esters is 1. The third-order valence-corrected chi connectivity index (χ3v) is 5.88. The minimum Gasteiger partial charge on any atom is -0.460 e. The van der Waals surface area contributed by atoms with Crippen LogP contribution in [-0.2, 0) is 4.74 Å². The molecule has 10 heteroatoms. The van der Waals surface area contributed by atoms with Gasteiger partial charge in [0.1, 0.15) is 11.9 Å². The zero-order valence-corrected chi connectivity index (χ0v) is 18.4. The average molecular weight is 475 g/mol. The lowest BCUT2D eigenvalue weighted by molar-refractivity contribution is 0.0512. The van der Waals surface area contributed by atoms with E-state index in [1.54, 1.807) is 31.2 Å². The fourth-order valence-corrected chi connectivity index (χ4v) is 4.33. The lowest BCUT2D eigenvalue weighted by atomic mass is 9.84. The molecule has 0 saturated heterocycles. The Morgan fingerprint density at radius 3 is 2.74 bits per heavy atom. The predicted molar refractivity (Wildman–Crippen MR) is 122 cm³/mol. The third kappa shape index (κ3) is 3.05. The van der Waals surface area contributed by atoms with E-state index in [-0.39, 0.29) is 18.3 Å². The number of benzene rings is 2. The highest BCUT2D eigenvalue weighted by molar-refractivity contribution is 6.30. The highest BCUT2D eigenvalue weighted by Crippen LogP contribution is 2.48. The maximum atomic E-state index is 13.3. The molecule has 0 amide bonds. The SMILES string of the molecule is CCOC(=O)c1nc2c3c(ncn2n1)Oc1c(c(=O)oc2ccccc12)C3c1ccc(Cl)cc1. The molecule has 4 heterocycles. The van der Waals surface area contributed by atoms with Gasteiger partial charge in [-0.2, -0.15) is 0 Å². The minimum absolute atomic E-state index is 0.122. The maximum absolute atomic E-state index is 13.3. The van der Waals surface area contributed by atoms with Crippen molar-refractivity contribution in [3.05, 3.63) is 92.8 Å². The molecule has 0 fully saturated rings. The van der Waals surface area contributed by atoms with Gasteiger partial charge in [-0.25, -0.2) is 24.1 Å². The lowest BCUT2D eigenvalue weighted by Crippen LogP contribution is -2.22. The number of ether oxygens (including phenoxy) is 2. The van der Waals surface area contributed by atoms with Gasteiger partial charge in [-0.05, 0) is 36.8 Å². The summed E-state index contributed by atoms with van der Waals surface area (Å²) in [6.45, 7) is 1.88. The smallest absolute Gasteiger partial charge is 0.378 e. The highest BCUT2D eigenvalue weighted by atomic mass is 35.5. The highest BCUT2D eigenvalue weighted by Gasteiger charge is 2.37. The number of nitrogens with zero attached hydrogens (tertiary/aromatic N) is 4. The first-order valence-corrected chi connectivity index (χ1v) is 10.8. The van der Waals surface area contributed by atoms with Crippen LogP contribution in [0.4, 0.5) is 0 Å². The van der Waals surface area contributed by atoms with Crippen LogP contribution < -0.4 is 10.4 Å². The molecule has 1 aliphatic heterocycles. The van der Waals surface area contributed by atoms with Crippen LogP contribution in [0.25, 0.3) is 16.6 Å². The Hall–Kier alpha value is -4.24. The molecule has 6 rings (SSSR count). The fourth-order valence-electron chi connectivity index (χ4n) is 4.20. The molecular formula is C24H15ClN4O5. The van der Waals surface area contributed by atoms with Crippen molar-refractivity contribution in [2.75, 3.05) is 6.61 Å². The predicted octanol–water partition coefficient (Wildman–Crippen LogP) is 4.35. The van der Waals surface area contributed by atoms with E-state index in [4.69, 9.17) is 25.5 Å². The molecule has 0 spiro atoms. The number of fused-ring (bicyclic) bond motifs is 6. The molecule has 5 aromatic rings. The Kier molecular flexibility index (Phi) is 4.59. The molecule has 0 radical (unpaired) electrons. The van der Waals surface area contributed by atoms with Crippen molar-refractivity contribution >= 4 is 34.2 Å². The number of carbonyl (C=O) groups excluding carboxylic acids is 1. The van der Waals surface area contributed by atoms with Crippen LogP contribution in [0, 0.1) is 0 Å². The summed E-state index contributed by atoms with van der Waals surface area (Å²) >= 11 is 6.13. The van der Waals surface area contributed by atoms with Crippen LogP contribution in [-0.4, -0.2) is 32.2 Å².